The maximum absolute atomic E-state index is 11.6. The molecular weight excluding hydrogens is 238 g/mol. The van der Waals surface area contributed by atoms with Crippen molar-refractivity contribution in [1.29, 1.82) is 0 Å². The number of nitrogens with zero attached hydrogens (tertiary/aromatic N) is 1. The molecule has 1 aromatic carbocycles. The molecule has 1 saturated heterocycles. The molecule has 1 atom stereocenters. The Bertz CT molecular complexity index is 391. The standard InChI is InChI=1S/C13H16ClNO2/c1-2-17-12-5-3-10(4-6-12)8-15-9-11(14)7-13(15)16/h3-6,11H,2,7-9H2,1H3. The SMILES string of the molecule is CCOc1ccc(CN2CC(Cl)CC2=O)cc1. The Hall–Kier alpha value is -1.22. The molecule has 1 unspecified atom stereocenters. The first-order valence-corrected chi connectivity index (χ1v) is 6.26. The Balaban J connectivity index is 1.97. The van der Waals surface area contributed by atoms with Gasteiger partial charge in [-0.25, -0.2) is 0 Å². The molecule has 3 nitrogen and oxygen atoms in total. The molecular formula is C13H16ClNO2. The lowest BCUT2D eigenvalue weighted by Crippen LogP contribution is -2.24. The summed E-state index contributed by atoms with van der Waals surface area (Å²) in [6.45, 7) is 3.90. The fourth-order valence-electron chi connectivity index (χ4n) is 1.95. The van der Waals surface area contributed by atoms with E-state index < -0.39 is 0 Å². The molecule has 0 aliphatic carbocycles. The third-order valence-electron chi connectivity index (χ3n) is 2.78. The van der Waals surface area contributed by atoms with Gasteiger partial charge >= 0.3 is 0 Å². The van der Waals surface area contributed by atoms with Crippen LogP contribution in [-0.4, -0.2) is 29.3 Å². The zero-order chi connectivity index (χ0) is 12.3. The van der Waals surface area contributed by atoms with Crippen LogP contribution in [0.3, 0.4) is 0 Å². The third-order valence-corrected chi connectivity index (χ3v) is 3.07. The van der Waals surface area contributed by atoms with E-state index in [1.54, 1.807) is 4.90 Å². The van der Waals surface area contributed by atoms with Crippen LogP contribution in [0.2, 0.25) is 0 Å². The average Bonchev–Trinajstić information content (AvgIpc) is 2.61. The minimum Gasteiger partial charge on any atom is -0.494 e. The molecule has 1 aliphatic rings. The van der Waals surface area contributed by atoms with Crippen LogP contribution >= 0.6 is 11.6 Å². The fraction of sp³-hybridized carbons (Fsp3) is 0.462. The van der Waals surface area contributed by atoms with Crippen LogP contribution in [0, 0.1) is 0 Å². The first-order chi connectivity index (χ1) is 8.19. The van der Waals surface area contributed by atoms with Crippen LogP contribution < -0.4 is 4.74 Å². The Morgan fingerprint density at radius 3 is 2.65 bits per heavy atom. The first kappa shape index (κ1) is 12.2. The van der Waals surface area contributed by atoms with Crippen molar-refractivity contribution >= 4 is 17.5 Å². The molecule has 17 heavy (non-hydrogen) atoms. The summed E-state index contributed by atoms with van der Waals surface area (Å²) >= 11 is 5.95. The Labute approximate surface area is 106 Å². The van der Waals surface area contributed by atoms with Gasteiger partial charge in [0, 0.05) is 19.5 Å². The molecule has 0 aromatic heterocycles. The van der Waals surface area contributed by atoms with Gasteiger partial charge in [-0.2, -0.15) is 0 Å². The van der Waals surface area contributed by atoms with Crippen LogP contribution in [-0.2, 0) is 11.3 Å². The second kappa shape index (κ2) is 5.41. The van der Waals surface area contributed by atoms with E-state index in [9.17, 15) is 4.79 Å². The number of likely N-dealkylation sites (tertiary alicyclic amines) is 1. The number of hydrogen-bond donors (Lipinski definition) is 0. The van der Waals surface area contributed by atoms with Crippen molar-refractivity contribution in [1.82, 2.24) is 4.90 Å². The number of halogens is 1. The van der Waals surface area contributed by atoms with Gasteiger partial charge in [0.15, 0.2) is 0 Å². The van der Waals surface area contributed by atoms with Gasteiger partial charge in [0.1, 0.15) is 5.75 Å². The van der Waals surface area contributed by atoms with E-state index in [1.807, 2.05) is 31.2 Å². The summed E-state index contributed by atoms with van der Waals surface area (Å²) in [6.07, 6.45) is 0.457. The van der Waals surface area contributed by atoms with Crippen LogP contribution in [0.1, 0.15) is 18.9 Å². The molecule has 0 radical (unpaired) electrons. The number of alkyl halides is 1. The van der Waals surface area contributed by atoms with Gasteiger partial charge in [-0.05, 0) is 24.6 Å². The van der Waals surface area contributed by atoms with E-state index in [2.05, 4.69) is 0 Å². The van der Waals surface area contributed by atoms with Gasteiger partial charge < -0.3 is 9.64 Å². The van der Waals surface area contributed by atoms with Crippen molar-refractivity contribution in [2.24, 2.45) is 0 Å². The minimum atomic E-state index is -0.0369. The molecule has 2 rings (SSSR count). The lowest BCUT2D eigenvalue weighted by molar-refractivity contribution is -0.128. The molecule has 1 aromatic rings. The molecule has 92 valence electrons. The Morgan fingerprint density at radius 2 is 2.12 bits per heavy atom. The highest BCUT2D eigenvalue weighted by Gasteiger charge is 2.27. The van der Waals surface area contributed by atoms with Crippen molar-refractivity contribution in [3.05, 3.63) is 29.8 Å². The van der Waals surface area contributed by atoms with Crippen molar-refractivity contribution in [2.75, 3.05) is 13.2 Å². The predicted octanol–water partition coefficient (Wildman–Crippen LogP) is 2.43. The second-order valence-electron chi connectivity index (χ2n) is 4.15. The molecule has 0 N–H and O–H groups in total. The Morgan fingerprint density at radius 1 is 1.41 bits per heavy atom. The number of hydrogen-bond acceptors (Lipinski definition) is 2. The van der Waals surface area contributed by atoms with E-state index in [4.69, 9.17) is 16.3 Å². The van der Waals surface area contributed by atoms with E-state index in [-0.39, 0.29) is 11.3 Å². The third kappa shape index (κ3) is 3.13. The summed E-state index contributed by atoms with van der Waals surface area (Å²) in [5, 5.41) is -0.0369. The lowest BCUT2D eigenvalue weighted by Gasteiger charge is -2.15. The molecule has 1 amide bonds. The molecule has 1 heterocycles. The molecule has 0 saturated carbocycles. The van der Waals surface area contributed by atoms with Crippen molar-refractivity contribution in [3.63, 3.8) is 0 Å². The van der Waals surface area contributed by atoms with Crippen molar-refractivity contribution in [3.8, 4) is 5.75 Å². The van der Waals surface area contributed by atoms with Crippen LogP contribution in [0.4, 0.5) is 0 Å². The average molecular weight is 254 g/mol. The maximum atomic E-state index is 11.6. The van der Waals surface area contributed by atoms with E-state index in [0.29, 0.717) is 26.1 Å². The molecule has 0 bridgehead atoms. The van der Waals surface area contributed by atoms with Crippen molar-refractivity contribution in [2.45, 2.75) is 25.3 Å². The van der Waals surface area contributed by atoms with Gasteiger partial charge in [0.25, 0.3) is 0 Å². The quantitative estimate of drug-likeness (QED) is 0.772. The topological polar surface area (TPSA) is 29.5 Å². The number of ether oxygens (including phenoxy) is 1. The van der Waals surface area contributed by atoms with E-state index in [0.717, 1.165) is 11.3 Å². The highest BCUT2D eigenvalue weighted by Crippen LogP contribution is 2.20. The number of benzene rings is 1. The van der Waals surface area contributed by atoms with Crippen LogP contribution in [0.5, 0.6) is 5.75 Å². The predicted molar refractivity (Wildman–Crippen MR) is 67.3 cm³/mol. The second-order valence-corrected chi connectivity index (χ2v) is 4.77. The number of rotatable bonds is 4. The fourth-order valence-corrected chi connectivity index (χ4v) is 2.25. The van der Waals surface area contributed by atoms with Gasteiger partial charge in [-0.3, -0.25) is 4.79 Å². The normalized spacial score (nSPS) is 19.8. The number of amides is 1. The smallest absolute Gasteiger partial charge is 0.224 e. The zero-order valence-corrected chi connectivity index (χ0v) is 10.6. The number of carbonyl (C=O) groups excluding carboxylic acids is 1. The highest BCUT2D eigenvalue weighted by molar-refractivity contribution is 6.22. The minimum absolute atomic E-state index is 0.0369. The summed E-state index contributed by atoms with van der Waals surface area (Å²) in [4.78, 5) is 13.4. The van der Waals surface area contributed by atoms with Crippen LogP contribution in [0.25, 0.3) is 0 Å². The van der Waals surface area contributed by atoms with E-state index >= 15 is 0 Å². The monoisotopic (exact) mass is 253 g/mol. The summed E-state index contributed by atoms with van der Waals surface area (Å²) < 4.78 is 5.37. The molecule has 0 spiro atoms. The zero-order valence-electron chi connectivity index (χ0n) is 9.86. The van der Waals surface area contributed by atoms with Gasteiger partial charge in [-0.1, -0.05) is 12.1 Å². The summed E-state index contributed by atoms with van der Waals surface area (Å²) in [5.41, 5.74) is 1.10. The number of carbonyl (C=O) groups is 1. The largest absolute Gasteiger partial charge is 0.494 e. The van der Waals surface area contributed by atoms with Gasteiger partial charge in [0.2, 0.25) is 5.91 Å². The molecule has 1 aliphatic heterocycles. The van der Waals surface area contributed by atoms with Gasteiger partial charge in [-0.15, -0.1) is 11.6 Å². The summed E-state index contributed by atoms with van der Waals surface area (Å²) in [5.74, 6) is 0.998. The van der Waals surface area contributed by atoms with Crippen LogP contribution in [0.15, 0.2) is 24.3 Å². The summed E-state index contributed by atoms with van der Waals surface area (Å²) in [7, 11) is 0. The van der Waals surface area contributed by atoms with Gasteiger partial charge in [0.05, 0.1) is 12.0 Å². The maximum Gasteiger partial charge on any atom is 0.224 e. The molecule has 4 heteroatoms. The molecule has 1 fully saturated rings. The lowest BCUT2D eigenvalue weighted by atomic mass is 10.2. The summed E-state index contributed by atoms with van der Waals surface area (Å²) in [6, 6.07) is 7.83. The highest BCUT2D eigenvalue weighted by atomic mass is 35.5. The van der Waals surface area contributed by atoms with E-state index in [1.165, 1.54) is 0 Å². The Kier molecular flexibility index (Phi) is 3.89. The van der Waals surface area contributed by atoms with Crippen molar-refractivity contribution < 1.29 is 9.53 Å². The first-order valence-electron chi connectivity index (χ1n) is 5.82.